The highest BCUT2D eigenvalue weighted by atomic mass is 16.3. The van der Waals surface area contributed by atoms with Gasteiger partial charge in [-0.25, -0.2) is 4.98 Å². The van der Waals surface area contributed by atoms with Crippen LogP contribution in [-0.4, -0.2) is 37.4 Å². The molecule has 0 saturated heterocycles. The first-order chi connectivity index (χ1) is 18.0. The van der Waals surface area contributed by atoms with Crippen molar-refractivity contribution < 1.29 is 18.8 Å². The summed E-state index contributed by atoms with van der Waals surface area (Å²) in [6.07, 6.45) is 2.80. The summed E-state index contributed by atoms with van der Waals surface area (Å²) in [6.45, 7) is -0.00957. The summed E-state index contributed by atoms with van der Waals surface area (Å²) in [6, 6.07) is 20.8. The maximum absolute atomic E-state index is 13.2. The van der Waals surface area contributed by atoms with Crippen LogP contribution in [0.1, 0.15) is 42.4 Å². The molecule has 3 aromatic heterocycles. The molecule has 1 aliphatic heterocycles. The summed E-state index contributed by atoms with van der Waals surface area (Å²) in [7, 11) is 0. The largest absolute Gasteiger partial charge is 0.467 e. The Bertz CT molecular complexity index is 1760. The number of anilines is 1. The number of carbonyl (C=O) groups excluding carboxylic acids is 3. The molecule has 0 bridgehead atoms. The van der Waals surface area contributed by atoms with Crippen molar-refractivity contribution >= 4 is 34.4 Å². The lowest BCUT2D eigenvalue weighted by Crippen LogP contribution is -2.28. The number of hydrogen-bond acceptors (Lipinski definition) is 7. The number of aromatic nitrogens is 3. The van der Waals surface area contributed by atoms with Crippen LogP contribution in [0.5, 0.6) is 0 Å². The SMILES string of the molecule is N#Cc1cnn(-c2ccc3ccccc3n2)c1NC(=O)c1ccc2c(c1)C(=O)N(Cc1ccco1)C2=O. The highest BCUT2D eigenvalue weighted by molar-refractivity contribution is 6.22. The van der Waals surface area contributed by atoms with Crippen LogP contribution < -0.4 is 5.32 Å². The summed E-state index contributed by atoms with van der Waals surface area (Å²) in [4.78, 5) is 44.5. The van der Waals surface area contributed by atoms with E-state index < -0.39 is 17.7 Å². The van der Waals surface area contributed by atoms with Crippen molar-refractivity contribution in [1.82, 2.24) is 19.7 Å². The number of rotatable bonds is 5. The molecule has 0 fully saturated rings. The first-order valence-corrected chi connectivity index (χ1v) is 11.2. The number of carbonyl (C=O) groups is 3. The summed E-state index contributed by atoms with van der Waals surface area (Å²) < 4.78 is 6.63. The first kappa shape index (κ1) is 21.9. The molecular weight excluding hydrogens is 472 g/mol. The third-order valence-corrected chi connectivity index (χ3v) is 6.05. The Hall–Kier alpha value is -5.56. The van der Waals surface area contributed by atoms with E-state index in [1.54, 1.807) is 18.2 Å². The molecule has 0 radical (unpaired) electrons. The number of hydrogen-bond donors (Lipinski definition) is 1. The molecule has 5 aromatic rings. The second-order valence-electron chi connectivity index (χ2n) is 8.28. The molecule has 0 spiro atoms. The van der Waals surface area contributed by atoms with Crippen molar-refractivity contribution in [2.24, 2.45) is 0 Å². The molecule has 6 rings (SSSR count). The summed E-state index contributed by atoms with van der Waals surface area (Å²) in [5, 5.41) is 17.5. The fourth-order valence-corrected chi connectivity index (χ4v) is 4.21. The molecule has 1 aliphatic rings. The standard InChI is InChI=1S/C27H16N6O4/c28-13-18-14-29-33(23-10-8-16-4-1-2-6-22(16)30-23)24(18)31-25(34)17-7-9-20-21(12-17)27(36)32(26(20)35)15-19-5-3-11-37-19/h1-12,14H,15H2,(H,31,34). The maximum Gasteiger partial charge on any atom is 0.261 e. The van der Waals surface area contributed by atoms with Crippen LogP contribution in [0.15, 0.2) is 83.6 Å². The van der Waals surface area contributed by atoms with E-state index in [0.29, 0.717) is 11.6 Å². The Balaban J connectivity index is 1.30. The Labute approximate surface area is 209 Å². The van der Waals surface area contributed by atoms with Crippen LogP contribution in [0, 0.1) is 11.3 Å². The second kappa shape index (κ2) is 8.58. The topological polar surface area (TPSA) is 134 Å². The molecule has 10 nitrogen and oxygen atoms in total. The van der Waals surface area contributed by atoms with Crippen molar-refractivity contribution in [1.29, 1.82) is 5.26 Å². The molecule has 10 heteroatoms. The van der Waals surface area contributed by atoms with Crippen LogP contribution in [0.2, 0.25) is 0 Å². The van der Waals surface area contributed by atoms with E-state index in [9.17, 15) is 19.6 Å². The molecule has 178 valence electrons. The first-order valence-electron chi connectivity index (χ1n) is 11.2. The molecule has 0 atom stereocenters. The monoisotopic (exact) mass is 488 g/mol. The number of imide groups is 1. The van der Waals surface area contributed by atoms with Gasteiger partial charge in [0.15, 0.2) is 11.6 Å². The highest BCUT2D eigenvalue weighted by Gasteiger charge is 2.36. The lowest BCUT2D eigenvalue weighted by Gasteiger charge is -2.11. The number of furan rings is 1. The van der Waals surface area contributed by atoms with Crippen molar-refractivity contribution in [3.8, 4) is 11.9 Å². The van der Waals surface area contributed by atoms with Crippen molar-refractivity contribution in [2.45, 2.75) is 6.54 Å². The van der Waals surface area contributed by atoms with Crippen LogP contribution in [0.4, 0.5) is 5.82 Å². The number of benzene rings is 2. The normalized spacial score (nSPS) is 12.6. The van der Waals surface area contributed by atoms with Gasteiger partial charge in [-0.05, 0) is 48.5 Å². The molecule has 1 N–H and O–H groups in total. The van der Waals surface area contributed by atoms with Crippen LogP contribution in [0.25, 0.3) is 16.7 Å². The average Bonchev–Trinajstić information content (AvgIpc) is 3.64. The molecule has 2 aromatic carbocycles. The lowest BCUT2D eigenvalue weighted by atomic mass is 10.1. The zero-order valence-corrected chi connectivity index (χ0v) is 19.1. The number of fused-ring (bicyclic) bond motifs is 2. The molecule has 37 heavy (non-hydrogen) atoms. The number of nitrogens with zero attached hydrogens (tertiary/aromatic N) is 5. The third kappa shape index (κ3) is 3.71. The smallest absolute Gasteiger partial charge is 0.261 e. The Kier molecular flexibility index (Phi) is 5.09. The minimum atomic E-state index is -0.577. The highest BCUT2D eigenvalue weighted by Crippen LogP contribution is 2.27. The maximum atomic E-state index is 13.2. The van der Waals surface area contributed by atoms with Gasteiger partial charge in [-0.2, -0.15) is 15.0 Å². The van der Waals surface area contributed by atoms with Gasteiger partial charge >= 0.3 is 0 Å². The van der Waals surface area contributed by atoms with E-state index in [-0.39, 0.29) is 34.6 Å². The number of amides is 3. The van der Waals surface area contributed by atoms with Gasteiger partial charge in [-0.3, -0.25) is 19.3 Å². The summed E-state index contributed by atoms with van der Waals surface area (Å²) in [5.41, 5.74) is 1.33. The van der Waals surface area contributed by atoms with Gasteiger partial charge in [-0.1, -0.05) is 18.2 Å². The van der Waals surface area contributed by atoms with Gasteiger partial charge < -0.3 is 9.73 Å². The molecule has 0 aliphatic carbocycles. The minimum absolute atomic E-state index is 0.00957. The van der Waals surface area contributed by atoms with Crippen LogP contribution in [0.3, 0.4) is 0 Å². The number of para-hydroxylation sites is 1. The minimum Gasteiger partial charge on any atom is -0.467 e. The molecular formula is C27H16N6O4. The van der Waals surface area contributed by atoms with Gasteiger partial charge in [0.1, 0.15) is 17.4 Å². The predicted molar refractivity (Wildman–Crippen MR) is 131 cm³/mol. The fraction of sp³-hybridized carbons (Fsp3) is 0.0370. The lowest BCUT2D eigenvalue weighted by molar-refractivity contribution is 0.0631. The van der Waals surface area contributed by atoms with Gasteiger partial charge in [0.25, 0.3) is 17.7 Å². The zero-order chi connectivity index (χ0) is 25.5. The Morgan fingerprint density at radius 1 is 1.00 bits per heavy atom. The Morgan fingerprint density at radius 3 is 2.65 bits per heavy atom. The van der Waals surface area contributed by atoms with E-state index in [4.69, 9.17) is 4.42 Å². The van der Waals surface area contributed by atoms with Crippen molar-refractivity contribution in [3.63, 3.8) is 0 Å². The van der Waals surface area contributed by atoms with Crippen LogP contribution >= 0.6 is 0 Å². The quantitative estimate of drug-likeness (QED) is 0.370. The fourth-order valence-electron chi connectivity index (χ4n) is 4.21. The molecule has 0 saturated carbocycles. The predicted octanol–water partition coefficient (Wildman–Crippen LogP) is 3.93. The third-order valence-electron chi connectivity index (χ3n) is 6.05. The van der Waals surface area contributed by atoms with Gasteiger partial charge in [-0.15, -0.1) is 0 Å². The zero-order valence-electron chi connectivity index (χ0n) is 19.1. The van der Waals surface area contributed by atoms with Crippen LogP contribution in [-0.2, 0) is 6.54 Å². The second-order valence-corrected chi connectivity index (χ2v) is 8.28. The van der Waals surface area contributed by atoms with E-state index in [2.05, 4.69) is 15.4 Å². The summed E-state index contributed by atoms with van der Waals surface area (Å²) in [5.74, 6) is -0.542. The van der Waals surface area contributed by atoms with Crippen molar-refractivity contribution in [2.75, 3.05) is 5.32 Å². The molecule has 4 heterocycles. The molecule has 0 unspecified atom stereocenters. The number of nitrogens with one attached hydrogen (secondary N) is 1. The van der Waals surface area contributed by atoms with Gasteiger partial charge in [0.05, 0.1) is 35.6 Å². The Morgan fingerprint density at radius 2 is 1.84 bits per heavy atom. The number of pyridine rings is 1. The summed E-state index contributed by atoms with van der Waals surface area (Å²) >= 11 is 0. The number of nitriles is 1. The van der Waals surface area contributed by atoms with Gasteiger partial charge in [0, 0.05) is 10.9 Å². The molecule has 3 amide bonds. The average molecular weight is 488 g/mol. The van der Waals surface area contributed by atoms with E-state index >= 15 is 0 Å². The van der Waals surface area contributed by atoms with Crippen molar-refractivity contribution in [3.05, 3.63) is 107 Å². The van der Waals surface area contributed by atoms with E-state index in [0.717, 1.165) is 15.8 Å². The van der Waals surface area contributed by atoms with Gasteiger partial charge in [0.2, 0.25) is 0 Å². The van der Waals surface area contributed by atoms with E-state index in [1.807, 2.05) is 36.4 Å². The van der Waals surface area contributed by atoms with E-state index in [1.165, 1.54) is 35.3 Å².